The first-order valence-electron chi connectivity index (χ1n) is 4.53. The minimum atomic E-state index is -0.672. The number of ether oxygens (including phenoxy) is 1. The third-order valence-electron chi connectivity index (χ3n) is 1.74. The summed E-state index contributed by atoms with van der Waals surface area (Å²) in [5, 5.41) is 2.41. The Bertz CT molecular complexity index is 395. The molecule has 0 fully saturated rings. The molecule has 0 aliphatic carbocycles. The first-order valence-corrected chi connectivity index (χ1v) is 5.07. The van der Waals surface area contributed by atoms with Crippen LogP contribution < -0.4 is 11.1 Å². The summed E-state index contributed by atoms with van der Waals surface area (Å²) in [7, 11) is 0. The summed E-state index contributed by atoms with van der Waals surface area (Å²) in [5.41, 5.74) is 5.68. The van der Waals surface area contributed by atoms with E-state index in [1.165, 1.54) is 6.07 Å². The van der Waals surface area contributed by atoms with Crippen LogP contribution in [0.2, 0.25) is 0 Å². The zero-order valence-electron chi connectivity index (χ0n) is 8.40. The predicted octanol–water partition coefficient (Wildman–Crippen LogP) is 1.57. The molecular formula is C10H11ClN2O3. The number of carbonyl (C=O) groups is 2. The number of nitrogens with two attached hydrogens (primary N) is 1. The highest BCUT2D eigenvalue weighted by Crippen LogP contribution is 2.14. The highest BCUT2D eigenvalue weighted by Gasteiger charge is 2.10. The number of anilines is 1. The normalized spacial score (nSPS) is 9.56. The largest absolute Gasteiger partial charge is 0.448 e. The van der Waals surface area contributed by atoms with E-state index in [4.69, 9.17) is 22.1 Å². The van der Waals surface area contributed by atoms with E-state index < -0.39 is 12.0 Å². The lowest BCUT2D eigenvalue weighted by atomic mass is 10.1. The van der Waals surface area contributed by atoms with Crippen molar-refractivity contribution in [2.45, 2.75) is 0 Å². The summed E-state index contributed by atoms with van der Waals surface area (Å²) >= 11 is 5.35. The monoisotopic (exact) mass is 242 g/mol. The zero-order valence-corrected chi connectivity index (χ0v) is 9.16. The SMILES string of the molecule is NC(=O)c1ccccc1NC(=O)OCCCl. The smallest absolute Gasteiger partial charge is 0.411 e. The summed E-state index contributed by atoms with van der Waals surface area (Å²) in [6.07, 6.45) is -0.672. The van der Waals surface area contributed by atoms with Crippen LogP contribution in [0.3, 0.4) is 0 Å². The third kappa shape index (κ3) is 3.43. The maximum atomic E-state index is 11.2. The van der Waals surface area contributed by atoms with Crippen LogP contribution in [0.5, 0.6) is 0 Å². The van der Waals surface area contributed by atoms with E-state index >= 15 is 0 Å². The number of rotatable bonds is 4. The van der Waals surface area contributed by atoms with Gasteiger partial charge in [-0.1, -0.05) is 12.1 Å². The van der Waals surface area contributed by atoms with Crippen molar-refractivity contribution in [3.8, 4) is 0 Å². The van der Waals surface area contributed by atoms with Gasteiger partial charge in [-0.3, -0.25) is 10.1 Å². The van der Waals surface area contributed by atoms with Gasteiger partial charge in [-0.2, -0.15) is 0 Å². The molecule has 0 bridgehead atoms. The summed E-state index contributed by atoms with van der Waals surface area (Å²) in [4.78, 5) is 22.2. The van der Waals surface area contributed by atoms with Crippen molar-refractivity contribution < 1.29 is 14.3 Å². The standard InChI is InChI=1S/C10H11ClN2O3/c11-5-6-16-10(15)13-8-4-2-1-3-7(8)9(12)14/h1-4H,5-6H2,(H2,12,14)(H,13,15). The molecule has 6 heteroatoms. The number of para-hydroxylation sites is 1. The second kappa shape index (κ2) is 5.97. The van der Waals surface area contributed by atoms with Crippen molar-refractivity contribution in [2.24, 2.45) is 5.73 Å². The molecule has 0 spiro atoms. The summed E-state index contributed by atoms with van der Waals surface area (Å²) < 4.78 is 4.70. The van der Waals surface area contributed by atoms with Crippen molar-refractivity contribution in [1.82, 2.24) is 0 Å². The van der Waals surface area contributed by atoms with E-state index in [9.17, 15) is 9.59 Å². The summed E-state index contributed by atoms with van der Waals surface area (Å²) in [6.45, 7) is 0.103. The van der Waals surface area contributed by atoms with Crippen LogP contribution >= 0.6 is 11.6 Å². The zero-order chi connectivity index (χ0) is 12.0. The Balaban J connectivity index is 2.73. The van der Waals surface area contributed by atoms with Crippen molar-refractivity contribution in [3.63, 3.8) is 0 Å². The fraction of sp³-hybridized carbons (Fsp3) is 0.200. The molecule has 1 rings (SSSR count). The van der Waals surface area contributed by atoms with E-state index in [2.05, 4.69) is 5.32 Å². The fourth-order valence-corrected chi connectivity index (χ4v) is 1.16. The Morgan fingerprint density at radius 1 is 1.38 bits per heavy atom. The number of hydrogen-bond donors (Lipinski definition) is 2. The molecule has 0 atom stereocenters. The molecule has 0 aliphatic rings. The maximum absolute atomic E-state index is 11.2. The van der Waals surface area contributed by atoms with Crippen molar-refractivity contribution in [2.75, 3.05) is 17.8 Å². The van der Waals surface area contributed by atoms with Crippen LogP contribution in [0.4, 0.5) is 10.5 Å². The fourth-order valence-electron chi connectivity index (χ4n) is 1.08. The molecule has 1 aromatic carbocycles. The first-order chi connectivity index (χ1) is 7.65. The molecule has 0 aliphatic heterocycles. The van der Waals surface area contributed by atoms with Gasteiger partial charge in [-0.25, -0.2) is 4.79 Å². The number of primary amides is 1. The second-order valence-corrected chi connectivity index (χ2v) is 3.24. The first kappa shape index (κ1) is 12.3. The molecule has 1 aromatic rings. The number of amides is 2. The highest BCUT2D eigenvalue weighted by molar-refractivity contribution is 6.18. The molecule has 86 valence electrons. The van der Waals surface area contributed by atoms with Gasteiger partial charge >= 0.3 is 6.09 Å². The Morgan fingerprint density at radius 3 is 2.69 bits per heavy atom. The molecule has 16 heavy (non-hydrogen) atoms. The van der Waals surface area contributed by atoms with Crippen molar-refractivity contribution in [3.05, 3.63) is 29.8 Å². The molecule has 5 nitrogen and oxygen atoms in total. The van der Waals surface area contributed by atoms with Crippen LogP contribution in [0.1, 0.15) is 10.4 Å². The number of alkyl halides is 1. The Kier molecular flexibility index (Phi) is 4.60. The topological polar surface area (TPSA) is 81.4 Å². The van der Waals surface area contributed by atoms with Crippen LogP contribution in [-0.4, -0.2) is 24.5 Å². The quantitative estimate of drug-likeness (QED) is 0.787. The van der Waals surface area contributed by atoms with Crippen molar-refractivity contribution in [1.29, 1.82) is 0 Å². The summed E-state index contributed by atoms with van der Waals surface area (Å²) in [5.74, 6) is -0.404. The number of carbonyl (C=O) groups excluding carboxylic acids is 2. The average molecular weight is 243 g/mol. The van der Waals surface area contributed by atoms with E-state index in [1.54, 1.807) is 18.2 Å². The number of benzene rings is 1. The third-order valence-corrected chi connectivity index (χ3v) is 1.89. The molecule has 0 radical (unpaired) electrons. The average Bonchev–Trinajstić information content (AvgIpc) is 2.27. The summed E-state index contributed by atoms with van der Waals surface area (Å²) in [6, 6.07) is 6.39. The predicted molar refractivity (Wildman–Crippen MR) is 60.7 cm³/mol. The Hall–Kier alpha value is -1.75. The van der Waals surface area contributed by atoms with Gasteiger partial charge in [-0.15, -0.1) is 11.6 Å². The molecule has 0 heterocycles. The molecule has 0 saturated heterocycles. The molecular weight excluding hydrogens is 232 g/mol. The van der Waals surface area contributed by atoms with Gasteiger partial charge in [0.2, 0.25) is 0 Å². The van der Waals surface area contributed by atoms with Crippen LogP contribution in [-0.2, 0) is 4.74 Å². The minimum Gasteiger partial charge on any atom is -0.448 e. The number of nitrogens with one attached hydrogen (secondary N) is 1. The van der Waals surface area contributed by atoms with Crippen LogP contribution in [0.15, 0.2) is 24.3 Å². The van der Waals surface area contributed by atoms with E-state index in [0.29, 0.717) is 5.69 Å². The van der Waals surface area contributed by atoms with Crippen molar-refractivity contribution >= 4 is 29.3 Å². The lowest BCUT2D eigenvalue weighted by Crippen LogP contribution is -2.19. The lowest BCUT2D eigenvalue weighted by Gasteiger charge is -2.08. The van der Waals surface area contributed by atoms with Gasteiger partial charge in [0.1, 0.15) is 6.61 Å². The van der Waals surface area contributed by atoms with E-state index in [1.807, 2.05) is 0 Å². The van der Waals surface area contributed by atoms with Gasteiger partial charge < -0.3 is 10.5 Å². The molecule has 0 saturated carbocycles. The molecule has 2 amide bonds. The van der Waals surface area contributed by atoms with Gasteiger partial charge in [0, 0.05) is 0 Å². The Morgan fingerprint density at radius 2 is 2.06 bits per heavy atom. The highest BCUT2D eigenvalue weighted by atomic mass is 35.5. The second-order valence-electron chi connectivity index (χ2n) is 2.86. The maximum Gasteiger partial charge on any atom is 0.411 e. The van der Waals surface area contributed by atoms with Gasteiger partial charge in [0.05, 0.1) is 17.1 Å². The number of halogens is 1. The van der Waals surface area contributed by atoms with Crippen LogP contribution in [0.25, 0.3) is 0 Å². The van der Waals surface area contributed by atoms with Crippen LogP contribution in [0, 0.1) is 0 Å². The van der Waals surface area contributed by atoms with Gasteiger partial charge in [-0.05, 0) is 12.1 Å². The Labute approximate surface area is 97.5 Å². The van der Waals surface area contributed by atoms with Gasteiger partial charge in [0.25, 0.3) is 5.91 Å². The lowest BCUT2D eigenvalue weighted by molar-refractivity contribution is 0.100. The van der Waals surface area contributed by atoms with Gasteiger partial charge in [0.15, 0.2) is 0 Å². The molecule has 3 N–H and O–H groups in total. The molecule has 0 unspecified atom stereocenters. The van der Waals surface area contributed by atoms with E-state index in [-0.39, 0.29) is 18.1 Å². The van der Waals surface area contributed by atoms with E-state index in [0.717, 1.165) is 0 Å². The molecule has 0 aromatic heterocycles. The minimum absolute atomic E-state index is 0.103. The number of hydrogen-bond acceptors (Lipinski definition) is 3.